The lowest BCUT2D eigenvalue weighted by Gasteiger charge is -2.04. The van der Waals surface area contributed by atoms with Gasteiger partial charge in [0.15, 0.2) is 0 Å². The molecule has 0 aliphatic rings. The van der Waals surface area contributed by atoms with Gasteiger partial charge in [0.05, 0.1) is 12.2 Å². The van der Waals surface area contributed by atoms with Crippen molar-refractivity contribution in [2.24, 2.45) is 0 Å². The third-order valence-electron chi connectivity index (χ3n) is 1.41. The van der Waals surface area contributed by atoms with Gasteiger partial charge >= 0.3 is 0 Å². The van der Waals surface area contributed by atoms with Crippen molar-refractivity contribution in [2.45, 2.75) is 6.92 Å². The molecule has 0 saturated carbocycles. The van der Waals surface area contributed by atoms with E-state index in [2.05, 4.69) is 0 Å². The fourth-order valence-corrected chi connectivity index (χ4v) is 0.867. The van der Waals surface area contributed by atoms with E-state index in [0.29, 0.717) is 6.61 Å². The maximum Gasteiger partial charge on any atom is 0.216 e. The molecule has 1 aromatic carbocycles. The average molecular weight is 204 g/mol. The molecular weight excluding hydrogens is 193 g/mol. The largest absolute Gasteiger partial charge is 0.478 e. The van der Waals surface area contributed by atoms with Crippen molar-refractivity contribution in [3.8, 4) is 0 Å². The van der Waals surface area contributed by atoms with E-state index in [1.807, 2.05) is 0 Å². The maximum atomic E-state index is 12.9. The molecule has 0 fully saturated rings. The van der Waals surface area contributed by atoms with Crippen LogP contribution in [0, 0.1) is 11.2 Å². The van der Waals surface area contributed by atoms with Gasteiger partial charge in [0, 0.05) is 0 Å². The summed E-state index contributed by atoms with van der Waals surface area (Å²) in [6, 6.07) is 6.08. The average Bonchev–Trinajstić information content (AvgIpc) is 2.05. The molecule has 0 aliphatic carbocycles. The summed E-state index contributed by atoms with van der Waals surface area (Å²) in [7, 11) is 0. The maximum absolute atomic E-state index is 12.9. The fraction of sp³-hybridized carbons (Fsp3) is 0.222. The van der Waals surface area contributed by atoms with E-state index in [4.69, 9.17) is 10.1 Å². The highest BCUT2D eigenvalue weighted by Gasteiger charge is 2.06. The number of rotatable bonds is 2. The Balaban J connectivity index is 0.00000144. The predicted molar refractivity (Wildman–Crippen MR) is 52.1 cm³/mol. The van der Waals surface area contributed by atoms with Gasteiger partial charge in [-0.25, -0.2) is 4.39 Å². The Morgan fingerprint density at radius 3 is 2.62 bits per heavy atom. The Labute approximate surface area is 82.6 Å². The fourth-order valence-electron chi connectivity index (χ4n) is 0.867. The Hall–Kier alpha value is -1.09. The van der Waals surface area contributed by atoms with Crippen molar-refractivity contribution >= 4 is 18.3 Å². The van der Waals surface area contributed by atoms with Crippen molar-refractivity contribution < 1.29 is 9.13 Å². The third-order valence-corrected chi connectivity index (χ3v) is 1.41. The molecule has 1 N–H and O–H groups in total. The van der Waals surface area contributed by atoms with Crippen LogP contribution in [0.2, 0.25) is 0 Å². The van der Waals surface area contributed by atoms with Crippen LogP contribution in [-0.4, -0.2) is 12.5 Å². The molecule has 0 aromatic heterocycles. The minimum atomic E-state index is -0.420. The molecule has 13 heavy (non-hydrogen) atoms. The van der Waals surface area contributed by atoms with E-state index in [9.17, 15) is 4.39 Å². The first kappa shape index (κ1) is 11.9. The number of benzene rings is 1. The SMILES string of the molecule is CCOC(=N)c1ccccc1F.Cl. The molecule has 2 nitrogen and oxygen atoms in total. The lowest BCUT2D eigenvalue weighted by atomic mass is 10.2. The number of nitrogens with one attached hydrogen (secondary N) is 1. The Bertz CT molecular complexity index is 291. The summed E-state index contributed by atoms with van der Waals surface area (Å²) in [5.74, 6) is -0.536. The molecule has 0 radical (unpaired) electrons. The van der Waals surface area contributed by atoms with E-state index in [1.54, 1.807) is 19.1 Å². The van der Waals surface area contributed by atoms with Crippen LogP contribution in [0.15, 0.2) is 24.3 Å². The molecule has 1 aromatic rings. The van der Waals surface area contributed by atoms with Gasteiger partial charge in [-0.1, -0.05) is 12.1 Å². The van der Waals surface area contributed by atoms with Crippen molar-refractivity contribution in [2.75, 3.05) is 6.61 Å². The summed E-state index contributed by atoms with van der Waals surface area (Å²) < 4.78 is 17.8. The highest BCUT2D eigenvalue weighted by Crippen LogP contribution is 2.07. The lowest BCUT2D eigenvalue weighted by molar-refractivity contribution is 0.324. The summed E-state index contributed by atoms with van der Waals surface area (Å²) in [5.41, 5.74) is 0.208. The van der Waals surface area contributed by atoms with Crippen LogP contribution in [0.25, 0.3) is 0 Å². The van der Waals surface area contributed by atoms with Crippen LogP contribution in [0.1, 0.15) is 12.5 Å². The highest BCUT2D eigenvalue weighted by molar-refractivity contribution is 5.91. The number of halogens is 2. The van der Waals surface area contributed by atoms with Gasteiger partial charge < -0.3 is 4.74 Å². The van der Waals surface area contributed by atoms with E-state index in [0.717, 1.165) is 0 Å². The van der Waals surface area contributed by atoms with E-state index in [-0.39, 0.29) is 23.9 Å². The number of ether oxygens (including phenoxy) is 1. The summed E-state index contributed by atoms with van der Waals surface area (Å²) >= 11 is 0. The number of hydrogen-bond donors (Lipinski definition) is 1. The molecule has 1 rings (SSSR count). The normalized spacial score (nSPS) is 8.77. The van der Waals surface area contributed by atoms with Gasteiger partial charge in [-0.05, 0) is 19.1 Å². The first-order valence-corrected chi connectivity index (χ1v) is 3.72. The zero-order valence-electron chi connectivity index (χ0n) is 7.21. The van der Waals surface area contributed by atoms with Gasteiger partial charge in [0.25, 0.3) is 0 Å². The van der Waals surface area contributed by atoms with Crippen LogP contribution in [-0.2, 0) is 4.74 Å². The molecule has 0 heterocycles. The van der Waals surface area contributed by atoms with E-state index >= 15 is 0 Å². The Morgan fingerprint density at radius 1 is 1.46 bits per heavy atom. The van der Waals surface area contributed by atoms with Gasteiger partial charge in [-0.3, -0.25) is 5.41 Å². The molecular formula is C9H11ClFNO. The summed E-state index contributed by atoms with van der Waals surface area (Å²) in [6.45, 7) is 2.14. The molecule has 0 unspecified atom stereocenters. The monoisotopic (exact) mass is 203 g/mol. The molecule has 0 bridgehead atoms. The van der Waals surface area contributed by atoms with Crippen molar-refractivity contribution in [3.05, 3.63) is 35.6 Å². The van der Waals surface area contributed by atoms with Crippen molar-refractivity contribution in [3.63, 3.8) is 0 Å². The van der Waals surface area contributed by atoms with Crippen LogP contribution < -0.4 is 0 Å². The first-order chi connectivity index (χ1) is 5.75. The molecule has 0 saturated heterocycles. The van der Waals surface area contributed by atoms with Crippen LogP contribution in [0.5, 0.6) is 0 Å². The van der Waals surface area contributed by atoms with Gasteiger partial charge in [0.2, 0.25) is 5.90 Å². The molecule has 4 heteroatoms. The third kappa shape index (κ3) is 3.03. The lowest BCUT2D eigenvalue weighted by Crippen LogP contribution is -2.06. The second kappa shape index (κ2) is 5.54. The summed E-state index contributed by atoms with van der Waals surface area (Å²) in [6.07, 6.45) is 0. The van der Waals surface area contributed by atoms with Crippen LogP contribution in [0.3, 0.4) is 0 Å². The number of hydrogen-bond acceptors (Lipinski definition) is 2. The first-order valence-electron chi connectivity index (χ1n) is 3.72. The van der Waals surface area contributed by atoms with Crippen molar-refractivity contribution in [1.82, 2.24) is 0 Å². The predicted octanol–water partition coefficient (Wildman–Crippen LogP) is 2.61. The van der Waals surface area contributed by atoms with Crippen LogP contribution in [0.4, 0.5) is 4.39 Å². The standard InChI is InChI=1S/C9H10FNO.ClH/c1-2-12-9(11)7-5-3-4-6-8(7)10;/h3-6,11H,2H2,1H3;1H. The second-order valence-electron chi connectivity index (χ2n) is 2.24. The van der Waals surface area contributed by atoms with E-state index in [1.165, 1.54) is 12.1 Å². The summed E-state index contributed by atoms with van der Waals surface area (Å²) in [4.78, 5) is 0. The smallest absolute Gasteiger partial charge is 0.216 e. The quantitative estimate of drug-likeness (QED) is 0.582. The second-order valence-corrected chi connectivity index (χ2v) is 2.24. The molecule has 0 atom stereocenters. The van der Waals surface area contributed by atoms with Gasteiger partial charge in [-0.15, -0.1) is 12.4 Å². The molecule has 0 spiro atoms. The highest BCUT2D eigenvalue weighted by atomic mass is 35.5. The molecule has 0 aliphatic heterocycles. The zero-order valence-corrected chi connectivity index (χ0v) is 8.03. The van der Waals surface area contributed by atoms with Gasteiger partial charge in [0.1, 0.15) is 5.82 Å². The Kier molecular flexibility index (Phi) is 5.07. The summed E-state index contributed by atoms with van der Waals surface area (Å²) in [5, 5.41) is 7.31. The molecule has 72 valence electrons. The van der Waals surface area contributed by atoms with Crippen LogP contribution >= 0.6 is 12.4 Å². The van der Waals surface area contributed by atoms with Gasteiger partial charge in [-0.2, -0.15) is 0 Å². The minimum Gasteiger partial charge on any atom is -0.478 e. The molecule has 0 amide bonds. The van der Waals surface area contributed by atoms with Crippen molar-refractivity contribution in [1.29, 1.82) is 5.41 Å². The van der Waals surface area contributed by atoms with E-state index < -0.39 is 5.82 Å². The zero-order chi connectivity index (χ0) is 8.97. The minimum absolute atomic E-state index is 0. The topological polar surface area (TPSA) is 33.1 Å². The Morgan fingerprint density at radius 2 is 2.08 bits per heavy atom.